The number of esters is 1. The van der Waals surface area contributed by atoms with Gasteiger partial charge in [-0.3, -0.25) is 14.9 Å². The molecule has 1 amide bonds. The third-order valence-corrected chi connectivity index (χ3v) is 4.55. The van der Waals surface area contributed by atoms with Crippen LogP contribution < -0.4 is 4.90 Å². The summed E-state index contributed by atoms with van der Waals surface area (Å²) >= 11 is 5.90. The fourth-order valence-corrected chi connectivity index (χ4v) is 3.41. The Morgan fingerprint density at radius 1 is 1.25 bits per heavy atom. The quantitative estimate of drug-likeness (QED) is 0.432. The molecule has 0 atom stereocenters. The zero-order valence-corrected chi connectivity index (χ0v) is 15.7. The van der Waals surface area contributed by atoms with Gasteiger partial charge in [0.25, 0.3) is 11.6 Å². The van der Waals surface area contributed by atoms with Crippen molar-refractivity contribution in [3.8, 4) is 0 Å². The van der Waals surface area contributed by atoms with Crippen molar-refractivity contribution < 1.29 is 23.6 Å². The highest BCUT2D eigenvalue weighted by molar-refractivity contribution is 6.30. The summed E-state index contributed by atoms with van der Waals surface area (Å²) in [5.41, 5.74) is 0.0425. The highest BCUT2D eigenvalue weighted by Gasteiger charge is 2.29. The second kappa shape index (κ2) is 7.93. The van der Waals surface area contributed by atoms with Crippen LogP contribution in [0.4, 0.5) is 15.8 Å². The van der Waals surface area contributed by atoms with Crippen LogP contribution in [-0.4, -0.2) is 30.0 Å². The number of rotatable bonds is 4. The second-order valence-corrected chi connectivity index (χ2v) is 6.64. The molecule has 146 valence electrons. The van der Waals surface area contributed by atoms with E-state index in [1.54, 1.807) is 13.0 Å². The number of ether oxygens (including phenoxy) is 1. The molecule has 7 nitrogen and oxygen atoms in total. The number of benzene rings is 2. The molecule has 3 rings (SSSR count). The van der Waals surface area contributed by atoms with Crippen LogP contribution in [0.2, 0.25) is 5.02 Å². The minimum absolute atomic E-state index is 0.0796. The lowest BCUT2D eigenvalue weighted by Crippen LogP contribution is -2.36. The van der Waals surface area contributed by atoms with Crippen LogP contribution in [0.25, 0.3) is 0 Å². The predicted molar refractivity (Wildman–Crippen MR) is 100 cm³/mol. The van der Waals surface area contributed by atoms with Crippen LogP contribution in [-0.2, 0) is 11.2 Å². The molecule has 2 aromatic carbocycles. The number of anilines is 1. The molecule has 0 aliphatic carbocycles. The van der Waals surface area contributed by atoms with E-state index in [0.29, 0.717) is 18.4 Å². The largest absolute Gasteiger partial charge is 0.462 e. The molecule has 0 saturated carbocycles. The average molecular weight is 407 g/mol. The molecule has 0 unspecified atom stereocenters. The molecule has 0 fully saturated rings. The van der Waals surface area contributed by atoms with Gasteiger partial charge in [-0.2, -0.15) is 0 Å². The maximum atomic E-state index is 14.5. The summed E-state index contributed by atoms with van der Waals surface area (Å²) in [6, 6.07) is 6.03. The van der Waals surface area contributed by atoms with Crippen LogP contribution in [0.15, 0.2) is 30.3 Å². The van der Waals surface area contributed by atoms with E-state index < -0.39 is 28.3 Å². The maximum Gasteiger partial charge on any atom is 0.338 e. The van der Waals surface area contributed by atoms with Gasteiger partial charge in [0.1, 0.15) is 5.82 Å². The van der Waals surface area contributed by atoms with Crippen molar-refractivity contribution in [3.05, 3.63) is 68.0 Å². The lowest BCUT2D eigenvalue weighted by atomic mass is 9.99. The smallest absolute Gasteiger partial charge is 0.338 e. The summed E-state index contributed by atoms with van der Waals surface area (Å²) in [4.78, 5) is 36.8. The minimum Gasteiger partial charge on any atom is -0.462 e. The summed E-state index contributed by atoms with van der Waals surface area (Å²) in [6.07, 6.45) is 1.14. The summed E-state index contributed by atoms with van der Waals surface area (Å²) in [5, 5.41) is 11.5. The average Bonchev–Trinajstić information content (AvgIpc) is 2.66. The number of halogens is 2. The first kappa shape index (κ1) is 19.8. The molecule has 0 N–H and O–H groups in total. The normalized spacial score (nSPS) is 13.0. The Kier molecular flexibility index (Phi) is 5.60. The van der Waals surface area contributed by atoms with Gasteiger partial charge in [-0.25, -0.2) is 9.18 Å². The molecule has 0 saturated heterocycles. The summed E-state index contributed by atoms with van der Waals surface area (Å²) < 4.78 is 19.4. The van der Waals surface area contributed by atoms with Crippen LogP contribution in [0.1, 0.15) is 39.6 Å². The van der Waals surface area contributed by atoms with Crippen molar-refractivity contribution in [2.45, 2.75) is 19.8 Å². The number of hydrogen-bond acceptors (Lipinski definition) is 5. The summed E-state index contributed by atoms with van der Waals surface area (Å²) in [7, 11) is 0. The first-order chi connectivity index (χ1) is 13.3. The number of non-ortho nitro benzene ring substituents is 1. The Bertz CT molecular complexity index is 979. The molecule has 0 aromatic heterocycles. The Labute approximate surface area is 164 Å². The molecule has 9 heteroatoms. The maximum absolute atomic E-state index is 14.5. The molecule has 28 heavy (non-hydrogen) atoms. The number of nitrogens with zero attached hydrogens (tertiary/aromatic N) is 2. The molecule has 1 aliphatic heterocycles. The van der Waals surface area contributed by atoms with Crippen molar-refractivity contribution in [3.63, 3.8) is 0 Å². The molecule has 0 bridgehead atoms. The number of nitro groups is 1. The SMILES string of the molecule is CCOC(=O)c1cc(C(=O)N2CCCc3cc(Cl)cc(F)c32)cc([N+](=O)[O-])c1. The molecule has 1 aliphatic rings. The predicted octanol–water partition coefficient (Wildman–Crippen LogP) is 4.16. The van der Waals surface area contributed by atoms with Crippen molar-refractivity contribution >= 4 is 34.9 Å². The molecule has 0 radical (unpaired) electrons. The topological polar surface area (TPSA) is 89.8 Å². The van der Waals surface area contributed by atoms with E-state index in [1.807, 2.05) is 0 Å². The molecule has 2 aromatic rings. The highest BCUT2D eigenvalue weighted by Crippen LogP contribution is 2.34. The summed E-state index contributed by atoms with van der Waals surface area (Å²) in [5.74, 6) is -2.07. The van der Waals surface area contributed by atoms with E-state index in [9.17, 15) is 24.1 Å². The lowest BCUT2D eigenvalue weighted by Gasteiger charge is -2.30. The Balaban J connectivity index is 2.06. The first-order valence-corrected chi connectivity index (χ1v) is 8.96. The van der Waals surface area contributed by atoms with Crippen LogP contribution in [0, 0.1) is 15.9 Å². The van der Waals surface area contributed by atoms with Crippen molar-refractivity contribution in [1.29, 1.82) is 0 Å². The van der Waals surface area contributed by atoms with E-state index >= 15 is 0 Å². The Hall–Kier alpha value is -3.00. The third-order valence-electron chi connectivity index (χ3n) is 4.34. The van der Waals surface area contributed by atoms with E-state index in [4.69, 9.17) is 16.3 Å². The Morgan fingerprint density at radius 2 is 1.96 bits per heavy atom. The zero-order chi connectivity index (χ0) is 20.4. The minimum atomic E-state index is -0.780. The van der Waals surface area contributed by atoms with Gasteiger partial charge in [0.15, 0.2) is 0 Å². The van der Waals surface area contributed by atoms with Crippen LogP contribution in [0.3, 0.4) is 0 Å². The van der Waals surface area contributed by atoms with Gasteiger partial charge >= 0.3 is 5.97 Å². The molecular formula is C19H16ClFN2O5. The van der Waals surface area contributed by atoms with E-state index in [-0.39, 0.29) is 35.0 Å². The Morgan fingerprint density at radius 3 is 2.64 bits per heavy atom. The fraction of sp³-hybridized carbons (Fsp3) is 0.263. The first-order valence-electron chi connectivity index (χ1n) is 8.58. The lowest BCUT2D eigenvalue weighted by molar-refractivity contribution is -0.384. The standard InChI is InChI=1S/C19H16ClFN2O5/c1-2-28-19(25)13-6-12(8-15(9-13)23(26)27)18(24)22-5-3-4-11-7-14(20)10-16(21)17(11)22/h6-10H,2-5H2,1H3. The monoisotopic (exact) mass is 406 g/mol. The van der Waals surface area contributed by atoms with E-state index in [1.165, 1.54) is 11.0 Å². The van der Waals surface area contributed by atoms with Gasteiger partial charge in [0, 0.05) is 29.3 Å². The number of hydrogen-bond donors (Lipinski definition) is 0. The van der Waals surface area contributed by atoms with Crippen LogP contribution >= 0.6 is 11.6 Å². The third kappa shape index (κ3) is 3.82. The number of fused-ring (bicyclic) bond motifs is 1. The molecule has 1 heterocycles. The number of aryl methyl sites for hydroxylation is 1. The van der Waals surface area contributed by atoms with E-state index in [2.05, 4.69) is 0 Å². The number of carbonyl (C=O) groups is 2. The van der Waals surface area contributed by atoms with Gasteiger partial charge in [-0.05, 0) is 43.5 Å². The van der Waals surface area contributed by atoms with Crippen molar-refractivity contribution in [2.75, 3.05) is 18.1 Å². The van der Waals surface area contributed by atoms with E-state index in [0.717, 1.165) is 18.2 Å². The van der Waals surface area contributed by atoms with Gasteiger partial charge in [0.05, 0.1) is 22.8 Å². The molecule has 0 spiro atoms. The number of nitro benzene ring substituents is 1. The highest BCUT2D eigenvalue weighted by atomic mass is 35.5. The summed E-state index contributed by atoms with van der Waals surface area (Å²) in [6.45, 7) is 1.91. The number of carbonyl (C=O) groups excluding carboxylic acids is 2. The van der Waals surface area contributed by atoms with Gasteiger partial charge in [-0.1, -0.05) is 11.6 Å². The van der Waals surface area contributed by atoms with Gasteiger partial charge < -0.3 is 9.64 Å². The zero-order valence-electron chi connectivity index (χ0n) is 14.9. The second-order valence-electron chi connectivity index (χ2n) is 6.20. The molecular weight excluding hydrogens is 391 g/mol. The van der Waals surface area contributed by atoms with Crippen molar-refractivity contribution in [1.82, 2.24) is 0 Å². The van der Waals surface area contributed by atoms with Crippen LogP contribution in [0.5, 0.6) is 0 Å². The number of amides is 1. The van der Waals surface area contributed by atoms with Gasteiger partial charge in [-0.15, -0.1) is 0 Å². The van der Waals surface area contributed by atoms with Gasteiger partial charge in [0.2, 0.25) is 0 Å². The fourth-order valence-electron chi connectivity index (χ4n) is 3.18. The van der Waals surface area contributed by atoms with Crippen molar-refractivity contribution in [2.24, 2.45) is 0 Å².